The van der Waals surface area contributed by atoms with E-state index in [9.17, 15) is 22.4 Å². The molecule has 2 aromatic carbocycles. The van der Waals surface area contributed by atoms with Crippen LogP contribution in [0.1, 0.15) is 22.0 Å². The van der Waals surface area contributed by atoms with E-state index in [4.69, 9.17) is 11.6 Å². The van der Waals surface area contributed by atoms with Crippen molar-refractivity contribution in [3.05, 3.63) is 70.5 Å². The number of para-hydroxylation sites is 1. The summed E-state index contributed by atoms with van der Waals surface area (Å²) in [4.78, 5) is 18.1. The lowest BCUT2D eigenvalue weighted by Crippen LogP contribution is -2.19. The molecule has 0 saturated carbocycles. The number of alkyl halides is 3. The lowest BCUT2D eigenvalue weighted by atomic mass is 10.0. The molecule has 0 saturated heterocycles. The van der Waals surface area contributed by atoms with Gasteiger partial charge in [-0.15, -0.1) is 0 Å². The summed E-state index contributed by atoms with van der Waals surface area (Å²) in [6, 6.07) is 10.4. The fraction of sp³-hybridized carbons (Fsp3) is 0.111. The van der Waals surface area contributed by atoms with Crippen LogP contribution < -0.4 is 5.32 Å². The monoisotopic (exact) mass is 397 g/mol. The molecule has 0 aliphatic carbocycles. The molecule has 0 fully saturated rings. The first-order valence-corrected chi connectivity index (χ1v) is 8.04. The molecule has 0 spiro atoms. The van der Waals surface area contributed by atoms with E-state index in [0.717, 1.165) is 0 Å². The Hall–Kier alpha value is -2.87. The zero-order valence-electron chi connectivity index (χ0n) is 13.8. The van der Waals surface area contributed by atoms with Crippen molar-refractivity contribution in [2.75, 3.05) is 5.32 Å². The second-order valence-corrected chi connectivity index (χ2v) is 6.08. The number of hydrogen-bond acceptors (Lipinski definition) is 2. The average Bonchev–Trinajstić information content (AvgIpc) is 3.00. The largest absolute Gasteiger partial charge is 0.433 e. The van der Waals surface area contributed by atoms with E-state index < -0.39 is 29.3 Å². The number of H-pyrrole nitrogens is 1. The molecule has 3 aromatic rings. The van der Waals surface area contributed by atoms with Gasteiger partial charge in [0.15, 0.2) is 11.4 Å². The highest BCUT2D eigenvalue weighted by atomic mass is 35.5. The molecule has 0 atom stereocenters. The van der Waals surface area contributed by atoms with Crippen molar-refractivity contribution in [1.29, 1.82) is 0 Å². The van der Waals surface area contributed by atoms with Gasteiger partial charge < -0.3 is 10.3 Å². The molecule has 1 aromatic heterocycles. The highest BCUT2D eigenvalue weighted by Gasteiger charge is 2.38. The first kappa shape index (κ1) is 18.9. The molecule has 1 amide bonds. The Kier molecular flexibility index (Phi) is 4.93. The van der Waals surface area contributed by atoms with Crippen molar-refractivity contribution >= 4 is 23.2 Å². The van der Waals surface area contributed by atoms with Gasteiger partial charge in [0, 0.05) is 11.3 Å². The third-order valence-corrected chi connectivity index (χ3v) is 4.03. The zero-order valence-corrected chi connectivity index (χ0v) is 14.5. The van der Waals surface area contributed by atoms with Crippen LogP contribution in [0.4, 0.5) is 23.2 Å². The van der Waals surface area contributed by atoms with Crippen molar-refractivity contribution in [2.45, 2.75) is 13.1 Å². The molecule has 0 aliphatic rings. The normalized spacial score (nSPS) is 11.5. The van der Waals surface area contributed by atoms with Crippen LogP contribution in [0.5, 0.6) is 0 Å². The highest BCUT2D eigenvalue weighted by molar-refractivity contribution is 6.30. The van der Waals surface area contributed by atoms with Gasteiger partial charge in [-0.3, -0.25) is 4.79 Å². The summed E-state index contributed by atoms with van der Waals surface area (Å²) >= 11 is 5.67. The number of aromatic amines is 1. The van der Waals surface area contributed by atoms with E-state index >= 15 is 0 Å². The molecule has 0 radical (unpaired) electrons. The number of anilines is 1. The number of aryl methyl sites for hydroxylation is 1. The molecule has 27 heavy (non-hydrogen) atoms. The number of carbonyl (C=O) groups excluding carboxylic acids is 1. The molecule has 0 unspecified atom stereocenters. The van der Waals surface area contributed by atoms with E-state index in [1.54, 1.807) is 18.2 Å². The quantitative estimate of drug-likeness (QED) is 0.577. The minimum atomic E-state index is -4.76. The van der Waals surface area contributed by atoms with E-state index in [-0.39, 0.29) is 16.5 Å². The SMILES string of the molecule is Cc1nc(C(=O)Nc2ccccc2-c2ccc(Cl)c(F)c2)c(C(F)(F)F)[nH]1. The first-order chi connectivity index (χ1) is 12.7. The molecule has 0 bridgehead atoms. The molecule has 4 nitrogen and oxygen atoms in total. The Morgan fingerprint density at radius 1 is 1.19 bits per heavy atom. The Morgan fingerprint density at radius 2 is 1.89 bits per heavy atom. The molecule has 9 heteroatoms. The summed E-state index contributed by atoms with van der Waals surface area (Å²) < 4.78 is 53.0. The fourth-order valence-corrected chi connectivity index (χ4v) is 2.67. The number of imidazole rings is 1. The number of halogens is 5. The van der Waals surface area contributed by atoms with Gasteiger partial charge in [-0.05, 0) is 30.7 Å². The Balaban J connectivity index is 1.98. The second kappa shape index (κ2) is 7.03. The molecular formula is C18H12ClF4N3O. The lowest BCUT2D eigenvalue weighted by molar-refractivity contribution is -0.141. The minimum Gasteiger partial charge on any atom is -0.338 e. The van der Waals surface area contributed by atoms with Gasteiger partial charge in [-0.2, -0.15) is 13.2 Å². The molecular weight excluding hydrogens is 386 g/mol. The summed E-state index contributed by atoms with van der Waals surface area (Å²) in [6.07, 6.45) is -4.76. The predicted octanol–water partition coefficient (Wildman–Crippen LogP) is 5.45. The van der Waals surface area contributed by atoms with Crippen LogP contribution in [0, 0.1) is 12.7 Å². The Morgan fingerprint density at radius 3 is 2.56 bits per heavy atom. The maximum absolute atomic E-state index is 13.8. The van der Waals surface area contributed by atoms with Crippen LogP contribution in [-0.2, 0) is 6.18 Å². The van der Waals surface area contributed by atoms with Crippen molar-refractivity contribution < 1.29 is 22.4 Å². The number of amides is 1. The summed E-state index contributed by atoms with van der Waals surface area (Å²) in [5.74, 6) is -1.73. The molecule has 3 rings (SSSR count). The number of hydrogen-bond donors (Lipinski definition) is 2. The molecule has 2 N–H and O–H groups in total. The van der Waals surface area contributed by atoms with Crippen molar-refractivity contribution in [3.8, 4) is 11.1 Å². The summed E-state index contributed by atoms with van der Waals surface area (Å²) in [5.41, 5.74) is -0.966. The zero-order chi connectivity index (χ0) is 19.8. The van der Waals surface area contributed by atoms with E-state index in [1.807, 2.05) is 0 Å². The maximum atomic E-state index is 13.8. The molecule has 0 aliphatic heterocycles. The number of aromatic nitrogens is 2. The third-order valence-electron chi connectivity index (χ3n) is 3.73. The van der Waals surface area contributed by atoms with E-state index in [1.165, 1.54) is 31.2 Å². The molecule has 140 valence electrons. The van der Waals surface area contributed by atoms with Gasteiger partial charge >= 0.3 is 6.18 Å². The van der Waals surface area contributed by atoms with E-state index in [2.05, 4.69) is 15.3 Å². The maximum Gasteiger partial charge on any atom is 0.433 e. The smallest absolute Gasteiger partial charge is 0.338 e. The van der Waals surface area contributed by atoms with Gasteiger partial charge in [0.25, 0.3) is 5.91 Å². The van der Waals surface area contributed by atoms with Crippen LogP contribution in [0.15, 0.2) is 42.5 Å². The van der Waals surface area contributed by atoms with E-state index in [0.29, 0.717) is 11.1 Å². The highest BCUT2D eigenvalue weighted by Crippen LogP contribution is 2.33. The predicted molar refractivity (Wildman–Crippen MR) is 93.1 cm³/mol. The van der Waals surface area contributed by atoms with Crippen LogP contribution >= 0.6 is 11.6 Å². The van der Waals surface area contributed by atoms with Gasteiger partial charge in [0.1, 0.15) is 11.6 Å². The number of rotatable bonds is 3. The first-order valence-electron chi connectivity index (χ1n) is 7.66. The fourth-order valence-electron chi connectivity index (χ4n) is 2.55. The Labute approximate surface area is 156 Å². The topological polar surface area (TPSA) is 57.8 Å². The second-order valence-electron chi connectivity index (χ2n) is 5.67. The van der Waals surface area contributed by atoms with Crippen LogP contribution in [0.3, 0.4) is 0 Å². The summed E-state index contributed by atoms with van der Waals surface area (Å²) in [6.45, 7) is 1.32. The summed E-state index contributed by atoms with van der Waals surface area (Å²) in [5, 5.41) is 2.34. The van der Waals surface area contributed by atoms with Crippen LogP contribution in [0.2, 0.25) is 5.02 Å². The number of nitrogens with one attached hydrogen (secondary N) is 2. The average molecular weight is 398 g/mol. The van der Waals surface area contributed by atoms with Crippen molar-refractivity contribution in [1.82, 2.24) is 9.97 Å². The van der Waals surface area contributed by atoms with Crippen LogP contribution in [0.25, 0.3) is 11.1 Å². The van der Waals surface area contributed by atoms with Gasteiger partial charge in [0.2, 0.25) is 0 Å². The van der Waals surface area contributed by atoms with Crippen molar-refractivity contribution in [3.63, 3.8) is 0 Å². The number of nitrogens with zero attached hydrogens (tertiary/aromatic N) is 1. The number of benzene rings is 2. The van der Waals surface area contributed by atoms with Gasteiger partial charge in [0.05, 0.1) is 5.02 Å². The van der Waals surface area contributed by atoms with Gasteiger partial charge in [-0.1, -0.05) is 35.9 Å². The lowest BCUT2D eigenvalue weighted by Gasteiger charge is -2.12. The standard InChI is InChI=1S/C18H12ClF4N3O/c1-9-24-15(16(25-9)18(21,22)23)17(27)26-14-5-3-2-4-11(14)10-6-7-12(19)13(20)8-10/h2-8H,1H3,(H,24,25)(H,26,27). The minimum absolute atomic E-state index is 0.0412. The molecule has 1 heterocycles. The van der Waals surface area contributed by atoms with Gasteiger partial charge in [-0.25, -0.2) is 9.37 Å². The summed E-state index contributed by atoms with van der Waals surface area (Å²) in [7, 11) is 0. The van der Waals surface area contributed by atoms with Crippen molar-refractivity contribution in [2.24, 2.45) is 0 Å². The third kappa shape index (κ3) is 3.95. The Bertz CT molecular complexity index is 1010. The van der Waals surface area contributed by atoms with Crippen LogP contribution in [-0.4, -0.2) is 15.9 Å². The number of carbonyl (C=O) groups is 1.